The molecule has 0 spiro atoms. The first kappa shape index (κ1) is 21.9. The minimum Gasteiger partial charge on any atom is -0.287 e. The van der Waals surface area contributed by atoms with Crippen molar-refractivity contribution >= 4 is 27.5 Å². The summed E-state index contributed by atoms with van der Waals surface area (Å²) >= 11 is 5.64. The zero-order valence-electron chi connectivity index (χ0n) is 15.7. The summed E-state index contributed by atoms with van der Waals surface area (Å²) in [6, 6.07) is 19.3. The van der Waals surface area contributed by atoms with E-state index in [9.17, 15) is 17.6 Å². The van der Waals surface area contributed by atoms with Crippen molar-refractivity contribution in [3.63, 3.8) is 0 Å². The van der Waals surface area contributed by atoms with Gasteiger partial charge in [-0.1, -0.05) is 54.1 Å². The Kier molecular flexibility index (Phi) is 7.17. The van der Waals surface area contributed by atoms with Crippen LogP contribution in [0.2, 0.25) is 5.02 Å². The molecule has 0 aliphatic rings. The van der Waals surface area contributed by atoms with Gasteiger partial charge < -0.3 is 0 Å². The van der Waals surface area contributed by atoms with E-state index < -0.39 is 15.8 Å². The van der Waals surface area contributed by atoms with Crippen LogP contribution < -0.4 is 15.6 Å². The number of halogens is 2. The van der Waals surface area contributed by atoms with Crippen LogP contribution in [0.15, 0.2) is 77.7 Å². The molecule has 0 fully saturated rings. The molecule has 3 N–H and O–H groups in total. The predicted molar refractivity (Wildman–Crippen MR) is 113 cm³/mol. The van der Waals surface area contributed by atoms with Crippen molar-refractivity contribution in [2.45, 2.75) is 18.0 Å². The summed E-state index contributed by atoms with van der Waals surface area (Å²) in [7, 11) is -3.85. The van der Waals surface area contributed by atoms with Gasteiger partial charge in [0, 0.05) is 18.7 Å². The summed E-state index contributed by atoms with van der Waals surface area (Å²) in [5.41, 5.74) is 7.58. The second-order valence-electron chi connectivity index (χ2n) is 6.39. The largest absolute Gasteiger partial charge is 0.287 e. The van der Waals surface area contributed by atoms with Crippen molar-refractivity contribution < 1.29 is 17.6 Å². The lowest BCUT2D eigenvalue weighted by molar-refractivity contribution is 0.0932. The summed E-state index contributed by atoms with van der Waals surface area (Å²) < 4.78 is 40.3. The Hall–Kier alpha value is -2.78. The number of carbonyl (C=O) groups is 1. The molecule has 9 heteroatoms. The maximum absolute atomic E-state index is 13.2. The standard InChI is InChI=1S/C21H19ClFN3O3S/c22-19-12-18(10-11-20(19)23)30(28,29)25-14-16-6-8-17(9-7-16)21(27)26-24-13-15-4-2-1-3-5-15/h1-12,24-25H,13-14H2,(H,26,27). The maximum Gasteiger partial charge on any atom is 0.265 e. The van der Waals surface area contributed by atoms with Gasteiger partial charge in [0.2, 0.25) is 10.0 Å². The van der Waals surface area contributed by atoms with Gasteiger partial charge in [0.25, 0.3) is 5.91 Å². The Morgan fingerprint density at radius 2 is 1.57 bits per heavy atom. The Labute approximate surface area is 179 Å². The first-order valence-corrected chi connectivity index (χ1v) is 10.8. The molecule has 0 unspecified atom stereocenters. The summed E-state index contributed by atoms with van der Waals surface area (Å²) in [4.78, 5) is 12.0. The van der Waals surface area contributed by atoms with E-state index in [1.165, 1.54) is 0 Å². The van der Waals surface area contributed by atoms with Gasteiger partial charge >= 0.3 is 0 Å². The van der Waals surface area contributed by atoms with E-state index in [4.69, 9.17) is 11.6 Å². The number of benzene rings is 3. The minimum absolute atomic E-state index is 0.00544. The van der Waals surface area contributed by atoms with E-state index in [0.717, 1.165) is 23.8 Å². The molecule has 0 aliphatic heterocycles. The number of amides is 1. The molecule has 0 saturated carbocycles. The second kappa shape index (κ2) is 9.82. The number of hydrogen-bond acceptors (Lipinski definition) is 4. The van der Waals surface area contributed by atoms with Gasteiger partial charge in [-0.3, -0.25) is 10.2 Å². The summed E-state index contributed by atoms with van der Waals surface area (Å²) in [5, 5.41) is -0.269. The van der Waals surface area contributed by atoms with Crippen molar-refractivity contribution in [2.24, 2.45) is 0 Å². The van der Waals surface area contributed by atoms with E-state index in [0.29, 0.717) is 17.7 Å². The first-order valence-electron chi connectivity index (χ1n) is 8.96. The van der Waals surface area contributed by atoms with Gasteiger partial charge in [0.1, 0.15) is 5.82 Å². The predicted octanol–water partition coefficient (Wildman–Crippen LogP) is 3.39. The zero-order chi connectivity index (χ0) is 21.6. The van der Waals surface area contributed by atoms with Gasteiger partial charge in [-0.25, -0.2) is 23.0 Å². The molecule has 6 nitrogen and oxygen atoms in total. The van der Waals surface area contributed by atoms with Gasteiger partial charge in [-0.05, 0) is 41.5 Å². The highest BCUT2D eigenvalue weighted by Crippen LogP contribution is 2.19. The molecular weight excluding hydrogens is 429 g/mol. The maximum atomic E-state index is 13.2. The Balaban J connectivity index is 1.53. The lowest BCUT2D eigenvalue weighted by atomic mass is 10.1. The fraction of sp³-hybridized carbons (Fsp3) is 0.0952. The molecule has 156 valence electrons. The van der Waals surface area contributed by atoms with Crippen LogP contribution >= 0.6 is 11.6 Å². The normalized spacial score (nSPS) is 11.3. The van der Waals surface area contributed by atoms with Crippen LogP contribution in [0.5, 0.6) is 0 Å². The molecule has 0 atom stereocenters. The monoisotopic (exact) mass is 447 g/mol. The van der Waals surface area contributed by atoms with Crippen molar-refractivity contribution in [2.75, 3.05) is 0 Å². The molecule has 1 amide bonds. The van der Waals surface area contributed by atoms with Crippen LogP contribution in [0.3, 0.4) is 0 Å². The third-order valence-electron chi connectivity index (χ3n) is 4.22. The van der Waals surface area contributed by atoms with E-state index in [2.05, 4.69) is 15.6 Å². The van der Waals surface area contributed by atoms with Gasteiger partial charge in [0.05, 0.1) is 9.92 Å². The molecule has 0 aromatic heterocycles. The van der Waals surface area contributed by atoms with Crippen LogP contribution in [0.4, 0.5) is 4.39 Å². The molecule has 0 bridgehead atoms. The molecule has 3 aromatic rings. The molecule has 30 heavy (non-hydrogen) atoms. The van der Waals surface area contributed by atoms with Crippen LogP contribution in [0.1, 0.15) is 21.5 Å². The van der Waals surface area contributed by atoms with Crippen molar-refractivity contribution in [3.8, 4) is 0 Å². The van der Waals surface area contributed by atoms with E-state index >= 15 is 0 Å². The topological polar surface area (TPSA) is 87.3 Å². The van der Waals surface area contributed by atoms with E-state index in [-0.39, 0.29) is 22.4 Å². The molecule has 0 radical (unpaired) electrons. The smallest absolute Gasteiger partial charge is 0.265 e. The number of rotatable bonds is 8. The fourth-order valence-electron chi connectivity index (χ4n) is 2.57. The fourth-order valence-corrected chi connectivity index (χ4v) is 3.86. The van der Waals surface area contributed by atoms with E-state index in [1.54, 1.807) is 24.3 Å². The first-order chi connectivity index (χ1) is 14.3. The van der Waals surface area contributed by atoms with Gasteiger partial charge in [-0.15, -0.1) is 0 Å². The number of hydrogen-bond donors (Lipinski definition) is 3. The SMILES string of the molecule is O=C(NNCc1ccccc1)c1ccc(CNS(=O)(=O)c2ccc(F)c(Cl)c2)cc1. The van der Waals surface area contributed by atoms with Gasteiger partial charge in [0.15, 0.2) is 0 Å². The van der Waals surface area contributed by atoms with Crippen LogP contribution in [0, 0.1) is 5.82 Å². The van der Waals surface area contributed by atoms with Crippen molar-refractivity contribution in [1.82, 2.24) is 15.6 Å². The summed E-state index contributed by atoms with van der Waals surface area (Å²) in [6.07, 6.45) is 0. The average Bonchev–Trinajstić information content (AvgIpc) is 2.75. The number of nitrogens with one attached hydrogen (secondary N) is 3. The van der Waals surface area contributed by atoms with Crippen molar-refractivity contribution in [1.29, 1.82) is 0 Å². The molecule has 3 aromatic carbocycles. The number of sulfonamides is 1. The molecule has 0 heterocycles. The van der Waals surface area contributed by atoms with Crippen LogP contribution in [0.25, 0.3) is 0 Å². The quantitative estimate of drug-likeness (QED) is 0.462. The third kappa shape index (κ3) is 5.87. The molecular formula is C21H19ClFN3O3S. The average molecular weight is 448 g/mol. The second-order valence-corrected chi connectivity index (χ2v) is 8.56. The van der Waals surface area contributed by atoms with Crippen molar-refractivity contribution in [3.05, 3.63) is 100 Å². The minimum atomic E-state index is -3.85. The third-order valence-corrected chi connectivity index (χ3v) is 5.91. The number of hydrazine groups is 1. The van der Waals surface area contributed by atoms with Crippen LogP contribution in [-0.4, -0.2) is 14.3 Å². The summed E-state index contributed by atoms with van der Waals surface area (Å²) in [5.74, 6) is -0.998. The Morgan fingerprint density at radius 1 is 0.900 bits per heavy atom. The summed E-state index contributed by atoms with van der Waals surface area (Å²) in [6.45, 7) is 0.491. The molecule has 0 aliphatic carbocycles. The highest BCUT2D eigenvalue weighted by Gasteiger charge is 2.15. The molecule has 3 rings (SSSR count). The molecule has 0 saturated heterocycles. The van der Waals surface area contributed by atoms with Gasteiger partial charge in [-0.2, -0.15) is 0 Å². The Bertz CT molecular complexity index is 1120. The Morgan fingerprint density at radius 3 is 2.23 bits per heavy atom. The van der Waals surface area contributed by atoms with E-state index in [1.807, 2.05) is 30.3 Å². The zero-order valence-corrected chi connectivity index (χ0v) is 17.3. The lowest BCUT2D eigenvalue weighted by Crippen LogP contribution is -2.36. The van der Waals surface area contributed by atoms with Crippen LogP contribution in [-0.2, 0) is 23.1 Å². The highest BCUT2D eigenvalue weighted by molar-refractivity contribution is 7.89. The highest BCUT2D eigenvalue weighted by atomic mass is 35.5. The lowest BCUT2D eigenvalue weighted by Gasteiger charge is -2.09. The number of carbonyl (C=O) groups excluding carboxylic acids is 1.